The van der Waals surface area contributed by atoms with Gasteiger partial charge in [0.05, 0.1) is 0 Å². The summed E-state index contributed by atoms with van der Waals surface area (Å²) in [6.07, 6.45) is 3.86. The van der Waals surface area contributed by atoms with Crippen molar-refractivity contribution < 1.29 is 0 Å². The summed E-state index contributed by atoms with van der Waals surface area (Å²) in [5.41, 5.74) is 3.14. The third kappa shape index (κ3) is 2.26. The van der Waals surface area contributed by atoms with Gasteiger partial charge in [0.15, 0.2) is 0 Å². The van der Waals surface area contributed by atoms with Crippen LogP contribution in [0.15, 0.2) is 22.7 Å². The molecule has 0 aromatic heterocycles. The first-order valence-corrected chi connectivity index (χ1v) is 8.31. The predicted molar refractivity (Wildman–Crippen MR) is 81.4 cm³/mol. The van der Waals surface area contributed by atoms with Crippen molar-refractivity contribution in [3.05, 3.63) is 33.8 Å². The summed E-state index contributed by atoms with van der Waals surface area (Å²) in [4.78, 5) is 2.78. The molecule has 0 bridgehead atoms. The molecule has 4 rings (SSSR count). The molecule has 2 fully saturated rings. The first kappa shape index (κ1) is 12.4. The van der Waals surface area contributed by atoms with Crippen molar-refractivity contribution in [3.63, 3.8) is 0 Å². The zero-order valence-corrected chi connectivity index (χ0v) is 12.8. The standard InChI is InChI=1S/C16H21BrN2/c17-15-3-1-12-6-16(4-2-11(12)5-15)19-9-13-7-18-8-14(13)10-19/h1,3,5,13-14,16,18H,2,4,6-10H2/t13-,14+,16?. The van der Waals surface area contributed by atoms with E-state index in [9.17, 15) is 0 Å². The van der Waals surface area contributed by atoms with E-state index in [1.54, 1.807) is 11.1 Å². The summed E-state index contributed by atoms with van der Waals surface area (Å²) in [6, 6.07) is 7.63. The molecule has 2 saturated heterocycles. The minimum atomic E-state index is 0.791. The van der Waals surface area contributed by atoms with Crippen LogP contribution in [0, 0.1) is 11.8 Å². The molecule has 1 aliphatic carbocycles. The number of likely N-dealkylation sites (tertiary alicyclic amines) is 1. The van der Waals surface area contributed by atoms with Crippen LogP contribution in [-0.2, 0) is 12.8 Å². The van der Waals surface area contributed by atoms with Gasteiger partial charge in [-0.3, -0.25) is 4.90 Å². The Morgan fingerprint density at radius 1 is 1.11 bits per heavy atom. The minimum Gasteiger partial charge on any atom is -0.316 e. The van der Waals surface area contributed by atoms with Crippen LogP contribution in [0.3, 0.4) is 0 Å². The second kappa shape index (κ2) is 4.87. The summed E-state index contributed by atoms with van der Waals surface area (Å²) in [6.45, 7) is 5.15. The molecule has 2 aliphatic heterocycles. The largest absolute Gasteiger partial charge is 0.316 e. The number of fused-ring (bicyclic) bond motifs is 2. The number of hydrogen-bond acceptors (Lipinski definition) is 2. The Morgan fingerprint density at radius 3 is 2.68 bits per heavy atom. The van der Waals surface area contributed by atoms with Gasteiger partial charge in [0.25, 0.3) is 0 Å². The number of hydrogen-bond donors (Lipinski definition) is 1. The summed E-state index contributed by atoms with van der Waals surface area (Å²) < 4.78 is 1.23. The Labute approximate surface area is 123 Å². The van der Waals surface area contributed by atoms with E-state index < -0.39 is 0 Å². The van der Waals surface area contributed by atoms with Gasteiger partial charge in [-0.25, -0.2) is 0 Å². The molecule has 1 aromatic rings. The highest BCUT2D eigenvalue weighted by molar-refractivity contribution is 9.10. The average molecular weight is 321 g/mol. The van der Waals surface area contributed by atoms with Crippen molar-refractivity contribution in [2.45, 2.75) is 25.3 Å². The Bertz CT molecular complexity index is 476. The molecule has 1 aromatic carbocycles. The van der Waals surface area contributed by atoms with Gasteiger partial charge in [0, 0.05) is 23.6 Å². The lowest BCUT2D eigenvalue weighted by atomic mass is 9.87. The highest BCUT2D eigenvalue weighted by Gasteiger charge is 2.39. The van der Waals surface area contributed by atoms with E-state index in [-0.39, 0.29) is 0 Å². The van der Waals surface area contributed by atoms with Gasteiger partial charge in [-0.05, 0) is 67.4 Å². The number of nitrogens with one attached hydrogen (secondary N) is 1. The van der Waals surface area contributed by atoms with Crippen LogP contribution < -0.4 is 5.32 Å². The van der Waals surface area contributed by atoms with E-state index in [0.29, 0.717) is 0 Å². The molecule has 0 saturated carbocycles. The number of benzene rings is 1. The van der Waals surface area contributed by atoms with Crippen molar-refractivity contribution >= 4 is 15.9 Å². The molecule has 1 N–H and O–H groups in total. The summed E-state index contributed by atoms with van der Waals surface area (Å²) in [5.74, 6) is 1.85. The highest BCUT2D eigenvalue weighted by Crippen LogP contribution is 2.33. The van der Waals surface area contributed by atoms with Gasteiger partial charge in [0.2, 0.25) is 0 Å². The normalized spacial score (nSPS) is 34.3. The second-order valence-corrected chi connectivity index (χ2v) is 7.36. The molecule has 2 nitrogen and oxygen atoms in total. The fourth-order valence-corrected chi connectivity index (χ4v) is 4.61. The number of rotatable bonds is 1. The van der Waals surface area contributed by atoms with E-state index in [1.807, 2.05) is 0 Å². The smallest absolute Gasteiger partial charge is 0.0178 e. The molecule has 3 atom stereocenters. The van der Waals surface area contributed by atoms with Crippen molar-refractivity contribution in [2.24, 2.45) is 11.8 Å². The van der Waals surface area contributed by atoms with Crippen LogP contribution in [0.4, 0.5) is 0 Å². The van der Waals surface area contributed by atoms with Crippen molar-refractivity contribution in [1.29, 1.82) is 0 Å². The van der Waals surface area contributed by atoms with Gasteiger partial charge in [-0.2, -0.15) is 0 Å². The van der Waals surface area contributed by atoms with Crippen LogP contribution in [0.1, 0.15) is 17.5 Å². The molecule has 102 valence electrons. The molecule has 3 aliphatic rings. The quantitative estimate of drug-likeness (QED) is 0.855. The summed E-state index contributed by atoms with van der Waals surface area (Å²) in [5, 5.41) is 3.54. The van der Waals surface area contributed by atoms with E-state index in [0.717, 1.165) is 17.9 Å². The van der Waals surface area contributed by atoms with Gasteiger partial charge in [-0.15, -0.1) is 0 Å². The third-order valence-corrected chi connectivity index (χ3v) is 5.80. The van der Waals surface area contributed by atoms with Crippen LogP contribution in [0.25, 0.3) is 0 Å². The first-order valence-electron chi connectivity index (χ1n) is 7.51. The van der Waals surface area contributed by atoms with Gasteiger partial charge in [-0.1, -0.05) is 22.0 Å². The lowest BCUT2D eigenvalue weighted by molar-refractivity contribution is 0.207. The molecule has 0 amide bonds. The lowest BCUT2D eigenvalue weighted by Gasteiger charge is -2.33. The van der Waals surface area contributed by atoms with Gasteiger partial charge >= 0.3 is 0 Å². The number of aryl methyl sites for hydroxylation is 1. The fraction of sp³-hybridized carbons (Fsp3) is 0.625. The number of nitrogens with zero attached hydrogens (tertiary/aromatic N) is 1. The highest BCUT2D eigenvalue weighted by atomic mass is 79.9. The van der Waals surface area contributed by atoms with Crippen LogP contribution in [0.5, 0.6) is 0 Å². The molecule has 1 unspecified atom stereocenters. The average Bonchev–Trinajstić information content (AvgIpc) is 2.98. The van der Waals surface area contributed by atoms with Gasteiger partial charge < -0.3 is 5.32 Å². The molecule has 19 heavy (non-hydrogen) atoms. The third-order valence-electron chi connectivity index (χ3n) is 5.30. The Morgan fingerprint density at radius 2 is 1.89 bits per heavy atom. The van der Waals surface area contributed by atoms with Crippen LogP contribution in [-0.4, -0.2) is 37.1 Å². The minimum absolute atomic E-state index is 0.791. The monoisotopic (exact) mass is 320 g/mol. The topological polar surface area (TPSA) is 15.3 Å². The Hall–Kier alpha value is -0.380. The van der Waals surface area contributed by atoms with E-state index >= 15 is 0 Å². The van der Waals surface area contributed by atoms with E-state index in [2.05, 4.69) is 44.3 Å². The zero-order chi connectivity index (χ0) is 12.8. The van der Waals surface area contributed by atoms with Crippen molar-refractivity contribution in [2.75, 3.05) is 26.2 Å². The van der Waals surface area contributed by atoms with Crippen LogP contribution >= 0.6 is 15.9 Å². The van der Waals surface area contributed by atoms with E-state index in [4.69, 9.17) is 0 Å². The zero-order valence-electron chi connectivity index (χ0n) is 11.2. The second-order valence-electron chi connectivity index (χ2n) is 6.44. The van der Waals surface area contributed by atoms with Crippen LogP contribution in [0.2, 0.25) is 0 Å². The summed E-state index contributed by atoms with van der Waals surface area (Å²) >= 11 is 3.59. The molecule has 3 heteroatoms. The van der Waals surface area contributed by atoms with Crippen molar-refractivity contribution in [3.8, 4) is 0 Å². The molecular weight excluding hydrogens is 300 g/mol. The molecular formula is C16H21BrN2. The maximum absolute atomic E-state index is 3.59. The molecule has 2 heterocycles. The maximum Gasteiger partial charge on any atom is 0.0178 e. The van der Waals surface area contributed by atoms with Gasteiger partial charge in [0.1, 0.15) is 0 Å². The van der Waals surface area contributed by atoms with Crippen molar-refractivity contribution in [1.82, 2.24) is 10.2 Å². The predicted octanol–water partition coefficient (Wildman–Crippen LogP) is 2.46. The fourth-order valence-electron chi connectivity index (χ4n) is 4.21. The SMILES string of the molecule is Brc1ccc2c(c1)CCC(N1C[C@H]3CNC[C@H]3C1)C2. The summed E-state index contributed by atoms with van der Waals surface area (Å²) in [7, 11) is 0. The molecule has 0 radical (unpaired) electrons. The number of halogens is 1. The lowest BCUT2D eigenvalue weighted by Crippen LogP contribution is -2.39. The Kier molecular flexibility index (Phi) is 3.17. The molecule has 0 spiro atoms. The maximum atomic E-state index is 3.59. The Balaban J connectivity index is 1.48. The first-order chi connectivity index (χ1) is 9.29. The van der Waals surface area contributed by atoms with E-state index in [1.165, 1.54) is 49.9 Å².